The predicted octanol–water partition coefficient (Wildman–Crippen LogP) is 0.603. The van der Waals surface area contributed by atoms with Crippen molar-refractivity contribution in [1.29, 1.82) is 0 Å². The van der Waals surface area contributed by atoms with Crippen LogP contribution >= 0.6 is 0 Å². The first-order chi connectivity index (χ1) is 12.7. The number of nitrogens with zero attached hydrogens (tertiary/aromatic N) is 4. The largest absolute Gasteiger partial charge is 0.376 e. The molecule has 0 bridgehead atoms. The first-order valence-corrected chi connectivity index (χ1v) is 10.8. The third kappa shape index (κ3) is 4.29. The van der Waals surface area contributed by atoms with Gasteiger partial charge in [-0.2, -0.15) is 5.10 Å². The first-order valence-electron chi connectivity index (χ1n) is 8.98. The van der Waals surface area contributed by atoms with Crippen molar-refractivity contribution in [3.05, 3.63) is 21.5 Å². The Labute approximate surface area is 157 Å². The number of rotatable bonds is 6. The lowest BCUT2D eigenvalue weighted by molar-refractivity contribution is -0.386. The van der Waals surface area contributed by atoms with E-state index in [-0.39, 0.29) is 41.4 Å². The molecule has 0 saturated carbocycles. The van der Waals surface area contributed by atoms with E-state index in [0.717, 1.165) is 12.8 Å². The number of amides is 1. The van der Waals surface area contributed by atoms with Gasteiger partial charge in [0.2, 0.25) is 5.91 Å². The SMILES string of the molecule is Cc1nn(CC(=O)N(C[C@@H]2CCCO2)[C@H]2CCS(=O)(=O)C2)c(C)c1[N+](=O)[O-]. The van der Waals surface area contributed by atoms with Crippen LogP contribution in [0, 0.1) is 24.0 Å². The summed E-state index contributed by atoms with van der Waals surface area (Å²) in [7, 11) is -3.15. The van der Waals surface area contributed by atoms with E-state index >= 15 is 0 Å². The zero-order valence-electron chi connectivity index (χ0n) is 15.5. The van der Waals surface area contributed by atoms with E-state index in [4.69, 9.17) is 4.74 Å². The minimum absolute atomic E-state index is 0.0529. The molecular formula is C16H24N4O6S. The van der Waals surface area contributed by atoms with Crippen LogP contribution in [0.1, 0.15) is 30.7 Å². The van der Waals surface area contributed by atoms with Crippen molar-refractivity contribution < 1.29 is 22.9 Å². The molecular weight excluding hydrogens is 376 g/mol. The molecule has 1 aromatic rings. The van der Waals surface area contributed by atoms with E-state index in [2.05, 4.69) is 5.10 Å². The molecule has 10 nitrogen and oxygen atoms in total. The normalized spacial score (nSPS) is 24.2. The van der Waals surface area contributed by atoms with E-state index in [1.54, 1.807) is 11.8 Å². The Hall–Kier alpha value is -2.01. The minimum Gasteiger partial charge on any atom is -0.376 e. The molecule has 0 aliphatic carbocycles. The van der Waals surface area contributed by atoms with Gasteiger partial charge in [0.15, 0.2) is 9.84 Å². The third-order valence-corrected chi connectivity index (χ3v) is 6.96. The number of aromatic nitrogens is 2. The Kier molecular flexibility index (Phi) is 5.52. The summed E-state index contributed by atoms with van der Waals surface area (Å²) in [5, 5.41) is 15.3. The van der Waals surface area contributed by atoms with Gasteiger partial charge < -0.3 is 9.64 Å². The van der Waals surface area contributed by atoms with E-state index in [0.29, 0.717) is 25.3 Å². The highest BCUT2D eigenvalue weighted by atomic mass is 32.2. The standard InChI is InChI=1S/C16H24N4O6S/c1-11-16(20(22)23)12(2)19(17-11)9-15(21)18(8-14-4-3-6-26-14)13-5-7-27(24,25)10-13/h13-14H,3-10H2,1-2H3/t13-,14-/m0/s1. The Morgan fingerprint density at radius 1 is 1.41 bits per heavy atom. The molecule has 3 rings (SSSR count). The van der Waals surface area contributed by atoms with E-state index in [1.165, 1.54) is 11.6 Å². The summed E-state index contributed by atoms with van der Waals surface area (Å²) in [5.41, 5.74) is 0.457. The lowest BCUT2D eigenvalue weighted by Gasteiger charge is -2.30. The average molecular weight is 400 g/mol. The highest BCUT2D eigenvalue weighted by molar-refractivity contribution is 7.91. The summed E-state index contributed by atoms with van der Waals surface area (Å²) < 4.78 is 30.7. The summed E-state index contributed by atoms with van der Waals surface area (Å²) in [6.45, 7) is 3.89. The van der Waals surface area contributed by atoms with Crippen molar-refractivity contribution in [3.8, 4) is 0 Å². The quantitative estimate of drug-likeness (QED) is 0.506. The second-order valence-electron chi connectivity index (χ2n) is 7.17. The maximum atomic E-state index is 13.0. The Morgan fingerprint density at radius 2 is 2.15 bits per heavy atom. The molecule has 2 atom stereocenters. The summed E-state index contributed by atoms with van der Waals surface area (Å²) in [6, 6.07) is -0.390. The van der Waals surface area contributed by atoms with E-state index in [9.17, 15) is 23.3 Å². The molecule has 11 heteroatoms. The molecule has 2 aliphatic rings. The molecule has 2 saturated heterocycles. The molecule has 1 amide bonds. The van der Waals surface area contributed by atoms with Crippen LogP contribution in [0.15, 0.2) is 0 Å². The van der Waals surface area contributed by atoms with Crippen molar-refractivity contribution in [2.24, 2.45) is 0 Å². The topological polar surface area (TPSA) is 125 Å². The van der Waals surface area contributed by atoms with Gasteiger partial charge in [0.25, 0.3) is 0 Å². The van der Waals surface area contributed by atoms with Gasteiger partial charge in [-0.15, -0.1) is 0 Å². The van der Waals surface area contributed by atoms with Crippen molar-refractivity contribution in [2.75, 3.05) is 24.7 Å². The molecule has 150 valence electrons. The minimum atomic E-state index is -3.15. The second-order valence-corrected chi connectivity index (χ2v) is 9.40. The van der Waals surface area contributed by atoms with Gasteiger partial charge in [-0.3, -0.25) is 19.6 Å². The molecule has 2 fully saturated rings. The fourth-order valence-electron chi connectivity index (χ4n) is 3.81. The molecule has 0 spiro atoms. The molecule has 2 aliphatic heterocycles. The molecule has 3 heterocycles. The summed E-state index contributed by atoms with van der Waals surface area (Å²) in [5.74, 6) is -0.283. The van der Waals surface area contributed by atoms with Crippen LogP contribution in [0.25, 0.3) is 0 Å². The van der Waals surface area contributed by atoms with Gasteiger partial charge in [-0.1, -0.05) is 0 Å². The maximum Gasteiger partial charge on any atom is 0.312 e. The Balaban J connectivity index is 1.80. The van der Waals surface area contributed by atoms with Crippen molar-refractivity contribution in [3.63, 3.8) is 0 Å². The van der Waals surface area contributed by atoms with Gasteiger partial charge in [0.05, 0.1) is 22.5 Å². The number of carbonyl (C=O) groups is 1. The smallest absolute Gasteiger partial charge is 0.312 e. The molecule has 0 N–H and O–H groups in total. The van der Waals surface area contributed by atoms with Crippen LogP contribution in [0.5, 0.6) is 0 Å². The first kappa shape index (κ1) is 19.7. The molecule has 0 radical (unpaired) electrons. The number of hydrogen-bond donors (Lipinski definition) is 0. The zero-order chi connectivity index (χ0) is 19.8. The van der Waals surface area contributed by atoms with Gasteiger partial charge in [-0.25, -0.2) is 8.42 Å². The highest BCUT2D eigenvalue weighted by Gasteiger charge is 2.37. The van der Waals surface area contributed by atoms with Crippen LogP contribution < -0.4 is 0 Å². The van der Waals surface area contributed by atoms with Crippen molar-refractivity contribution in [1.82, 2.24) is 14.7 Å². The number of hydrogen-bond acceptors (Lipinski definition) is 7. The maximum absolute atomic E-state index is 13.0. The lowest BCUT2D eigenvalue weighted by atomic mass is 10.1. The van der Waals surface area contributed by atoms with Gasteiger partial charge in [0.1, 0.15) is 17.9 Å². The Bertz CT molecular complexity index is 843. The third-order valence-electron chi connectivity index (χ3n) is 5.20. The van der Waals surface area contributed by atoms with E-state index in [1.807, 2.05) is 0 Å². The average Bonchev–Trinajstić information content (AvgIpc) is 3.26. The highest BCUT2D eigenvalue weighted by Crippen LogP contribution is 2.24. The molecule has 1 aromatic heterocycles. The van der Waals surface area contributed by atoms with Gasteiger partial charge in [-0.05, 0) is 33.1 Å². The van der Waals surface area contributed by atoms with Crippen molar-refractivity contribution in [2.45, 2.75) is 51.8 Å². The van der Waals surface area contributed by atoms with E-state index < -0.39 is 20.8 Å². The molecule has 0 aromatic carbocycles. The lowest BCUT2D eigenvalue weighted by Crippen LogP contribution is -2.46. The fourth-order valence-corrected chi connectivity index (χ4v) is 5.54. The number of aryl methyl sites for hydroxylation is 1. The second kappa shape index (κ2) is 7.55. The molecule has 27 heavy (non-hydrogen) atoms. The summed E-state index contributed by atoms with van der Waals surface area (Å²) in [6.07, 6.45) is 2.04. The number of ether oxygens (including phenoxy) is 1. The summed E-state index contributed by atoms with van der Waals surface area (Å²) >= 11 is 0. The number of carbonyl (C=O) groups excluding carboxylic acids is 1. The predicted molar refractivity (Wildman–Crippen MR) is 96.1 cm³/mol. The molecule has 0 unspecified atom stereocenters. The Morgan fingerprint density at radius 3 is 2.67 bits per heavy atom. The monoisotopic (exact) mass is 400 g/mol. The van der Waals surface area contributed by atoms with Crippen LogP contribution in [-0.4, -0.2) is 70.7 Å². The van der Waals surface area contributed by atoms with Gasteiger partial charge >= 0.3 is 5.69 Å². The van der Waals surface area contributed by atoms with Crippen LogP contribution in [-0.2, 0) is 25.9 Å². The number of nitro groups is 1. The van der Waals surface area contributed by atoms with Crippen LogP contribution in [0.4, 0.5) is 5.69 Å². The van der Waals surface area contributed by atoms with Crippen LogP contribution in [0.3, 0.4) is 0 Å². The van der Waals surface area contributed by atoms with Gasteiger partial charge in [0, 0.05) is 19.2 Å². The fraction of sp³-hybridized carbons (Fsp3) is 0.750. The number of sulfone groups is 1. The van der Waals surface area contributed by atoms with Crippen molar-refractivity contribution >= 4 is 21.4 Å². The van der Waals surface area contributed by atoms with Crippen LogP contribution in [0.2, 0.25) is 0 Å². The zero-order valence-corrected chi connectivity index (χ0v) is 16.3. The summed E-state index contributed by atoms with van der Waals surface area (Å²) in [4.78, 5) is 25.2.